The normalized spacial score (nSPS) is 12.4. The molecule has 0 aliphatic heterocycles. The highest BCUT2D eigenvalue weighted by Crippen LogP contribution is 2.07. The lowest BCUT2D eigenvalue weighted by Gasteiger charge is -2.13. The van der Waals surface area contributed by atoms with Crippen molar-refractivity contribution < 1.29 is 4.39 Å². The average molecular weight is 258 g/mol. The summed E-state index contributed by atoms with van der Waals surface area (Å²) in [6.45, 7) is 4.82. The predicted molar refractivity (Wildman–Crippen MR) is 75.4 cm³/mol. The minimum atomic E-state index is -0.176. The molecular weight excluding hydrogens is 239 g/mol. The highest BCUT2D eigenvalue weighted by molar-refractivity contribution is 5.17. The van der Waals surface area contributed by atoms with Crippen LogP contribution >= 0.6 is 0 Å². The quantitative estimate of drug-likeness (QED) is 0.890. The summed E-state index contributed by atoms with van der Waals surface area (Å²) in [4.78, 5) is 4.44. The van der Waals surface area contributed by atoms with Gasteiger partial charge in [-0.25, -0.2) is 4.39 Å². The molecule has 1 heterocycles. The van der Waals surface area contributed by atoms with Gasteiger partial charge < -0.3 is 5.32 Å². The van der Waals surface area contributed by atoms with Gasteiger partial charge in [-0.05, 0) is 50.1 Å². The third kappa shape index (κ3) is 4.45. The van der Waals surface area contributed by atoms with E-state index in [0.29, 0.717) is 0 Å². The molecule has 100 valence electrons. The van der Waals surface area contributed by atoms with Crippen molar-refractivity contribution in [3.8, 4) is 0 Å². The molecule has 0 radical (unpaired) electrons. The van der Waals surface area contributed by atoms with Gasteiger partial charge >= 0.3 is 0 Å². The van der Waals surface area contributed by atoms with Crippen LogP contribution in [0, 0.1) is 12.7 Å². The average Bonchev–Trinajstić information content (AvgIpc) is 2.36. The second kappa shape index (κ2) is 6.43. The number of hydrogen-bond acceptors (Lipinski definition) is 2. The molecular formula is C16H19FN2. The van der Waals surface area contributed by atoms with Gasteiger partial charge in [0.1, 0.15) is 5.82 Å². The molecule has 2 aromatic rings. The van der Waals surface area contributed by atoms with Crippen molar-refractivity contribution >= 4 is 0 Å². The number of hydrogen-bond donors (Lipinski definition) is 1. The third-order valence-corrected chi connectivity index (χ3v) is 3.01. The Morgan fingerprint density at radius 1 is 1.21 bits per heavy atom. The molecule has 0 aliphatic carbocycles. The Kier molecular flexibility index (Phi) is 4.63. The molecule has 2 nitrogen and oxygen atoms in total. The van der Waals surface area contributed by atoms with Gasteiger partial charge in [0.05, 0.1) is 5.69 Å². The van der Waals surface area contributed by atoms with Crippen molar-refractivity contribution in [2.45, 2.75) is 32.9 Å². The van der Waals surface area contributed by atoms with E-state index in [0.717, 1.165) is 29.9 Å². The van der Waals surface area contributed by atoms with Gasteiger partial charge in [-0.15, -0.1) is 0 Å². The molecule has 3 heteroatoms. The lowest BCUT2D eigenvalue weighted by molar-refractivity contribution is 0.537. The third-order valence-electron chi connectivity index (χ3n) is 3.01. The highest BCUT2D eigenvalue weighted by Gasteiger charge is 2.04. The van der Waals surface area contributed by atoms with Crippen molar-refractivity contribution in [3.63, 3.8) is 0 Å². The molecule has 19 heavy (non-hydrogen) atoms. The van der Waals surface area contributed by atoms with Crippen molar-refractivity contribution in [2.24, 2.45) is 0 Å². The first-order chi connectivity index (χ1) is 9.13. The van der Waals surface area contributed by atoms with Crippen LogP contribution in [0.5, 0.6) is 0 Å². The number of halogens is 1. The van der Waals surface area contributed by atoms with Gasteiger partial charge in [0.2, 0.25) is 0 Å². The van der Waals surface area contributed by atoms with Crippen molar-refractivity contribution in [1.29, 1.82) is 0 Å². The summed E-state index contributed by atoms with van der Waals surface area (Å²) >= 11 is 0. The molecule has 0 spiro atoms. The van der Waals surface area contributed by atoms with E-state index in [4.69, 9.17) is 0 Å². The Bertz CT molecular complexity index is 540. The van der Waals surface area contributed by atoms with Crippen LogP contribution in [-0.2, 0) is 13.0 Å². The minimum absolute atomic E-state index is 0.176. The van der Waals surface area contributed by atoms with Gasteiger partial charge in [-0.1, -0.05) is 18.2 Å². The van der Waals surface area contributed by atoms with Crippen LogP contribution in [0.2, 0.25) is 0 Å². The number of pyridine rings is 1. The zero-order valence-electron chi connectivity index (χ0n) is 11.4. The molecule has 0 bridgehead atoms. The zero-order valence-corrected chi connectivity index (χ0v) is 11.4. The largest absolute Gasteiger partial charge is 0.308 e. The topological polar surface area (TPSA) is 24.9 Å². The van der Waals surface area contributed by atoms with E-state index >= 15 is 0 Å². The van der Waals surface area contributed by atoms with E-state index in [9.17, 15) is 4.39 Å². The second-order valence-corrected chi connectivity index (χ2v) is 4.89. The molecule has 0 amide bonds. The first-order valence-electron chi connectivity index (χ1n) is 6.54. The first kappa shape index (κ1) is 13.7. The molecule has 2 rings (SSSR count). The predicted octanol–water partition coefficient (Wildman–Crippen LogP) is 3.25. The number of benzene rings is 1. The number of aryl methyl sites for hydroxylation is 1. The maximum atomic E-state index is 13.1. The van der Waals surface area contributed by atoms with Crippen LogP contribution in [-0.4, -0.2) is 11.0 Å². The van der Waals surface area contributed by atoms with Gasteiger partial charge in [-0.2, -0.15) is 0 Å². The van der Waals surface area contributed by atoms with Crippen LogP contribution in [0.25, 0.3) is 0 Å². The van der Waals surface area contributed by atoms with Crippen LogP contribution < -0.4 is 5.32 Å². The van der Waals surface area contributed by atoms with Gasteiger partial charge in [-0.3, -0.25) is 4.98 Å². The van der Waals surface area contributed by atoms with E-state index in [-0.39, 0.29) is 11.9 Å². The summed E-state index contributed by atoms with van der Waals surface area (Å²) in [5, 5.41) is 3.41. The number of nitrogens with zero attached hydrogens (tertiary/aromatic N) is 1. The summed E-state index contributed by atoms with van der Waals surface area (Å²) < 4.78 is 13.1. The van der Waals surface area contributed by atoms with Gasteiger partial charge in [0.15, 0.2) is 0 Å². The fourth-order valence-corrected chi connectivity index (χ4v) is 2.07. The lowest BCUT2D eigenvalue weighted by Crippen LogP contribution is -2.28. The molecule has 1 aromatic heterocycles. The molecule has 1 N–H and O–H groups in total. The van der Waals surface area contributed by atoms with E-state index < -0.39 is 0 Å². The molecule has 0 saturated carbocycles. The summed E-state index contributed by atoms with van der Waals surface area (Å²) in [6, 6.07) is 13.0. The maximum absolute atomic E-state index is 13.1. The first-order valence-corrected chi connectivity index (χ1v) is 6.54. The summed E-state index contributed by atoms with van der Waals surface area (Å²) in [6.07, 6.45) is 0.809. The van der Waals surface area contributed by atoms with Crippen LogP contribution in [0.3, 0.4) is 0 Å². The zero-order chi connectivity index (χ0) is 13.7. The molecule has 1 unspecified atom stereocenters. The van der Waals surface area contributed by atoms with E-state index in [2.05, 4.69) is 17.2 Å². The van der Waals surface area contributed by atoms with Gasteiger partial charge in [0, 0.05) is 18.3 Å². The molecule has 0 saturated heterocycles. The maximum Gasteiger partial charge on any atom is 0.123 e. The van der Waals surface area contributed by atoms with Crippen molar-refractivity contribution in [3.05, 3.63) is 65.2 Å². The Hall–Kier alpha value is -1.74. The van der Waals surface area contributed by atoms with E-state index in [1.54, 1.807) is 12.1 Å². The van der Waals surface area contributed by atoms with Crippen LogP contribution in [0.1, 0.15) is 23.9 Å². The summed E-state index contributed by atoms with van der Waals surface area (Å²) in [5.41, 5.74) is 3.07. The van der Waals surface area contributed by atoms with Crippen molar-refractivity contribution in [1.82, 2.24) is 10.3 Å². The standard InChI is InChI=1S/C16H19FN2/c1-12-5-3-8-16(19-12)11-18-13(2)9-14-6-4-7-15(17)10-14/h3-8,10,13,18H,9,11H2,1-2H3. The number of aromatic nitrogens is 1. The molecule has 0 fully saturated rings. The van der Waals surface area contributed by atoms with Crippen LogP contribution in [0.15, 0.2) is 42.5 Å². The fraction of sp³-hybridized carbons (Fsp3) is 0.312. The van der Waals surface area contributed by atoms with E-state index in [1.165, 1.54) is 6.07 Å². The monoisotopic (exact) mass is 258 g/mol. The Labute approximate surface area is 113 Å². The lowest BCUT2D eigenvalue weighted by atomic mass is 10.1. The molecule has 0 aliphatic rings. The second-order valence-electron chi connectivity index (χ2n) is 4.89. The SMILES string of the molecule is Cc1cccc(CNC(C)Cc2cccc(F)c2)n1. The Morgan fingerprint density at radius 2 is 2.00 bits per heavy atom. The summed E-state index contributed by atoms with van der Waals surface area (Å²) in [5.74, 6) is -0.176. The summed E-state index contributed by atoms with van der Waals surface area (Å²) in [7, 11) is 0. The highest BCUT2D eigenvalue weighted by atomic mass is 19.1. The smallest absolute Gasteiger partial charge is 0.123 e. The van der Waals surface area contributed by atoms with E-state index in [1.807, 2.05) is 31.2 Å². The Balaban J connectivity index is 1.86. The molecule has 1 atom stereocenters. The number of nitrogens with one attached hydrogen (secondary N) is 1. The minimum Gasteiger partial charge on any atom is -0.308 e. The number of rotatable bonds is 5. The van der Waals surface area contributed by atoms with Crippen LogP contribution in [0.4, 0.5) is 4.39 Å². The van der Waals surface area contributed by atoms with Crippen molar-refractivity contribution in [2.75, 3.05) is 0 Å². The molecule has 1 aromatic carbocycles. The fourth-order valence-electron chi connectivity index (χ4n) is 2.07. The Morgan fingerprint density at radius 3 is 2.74 bits per heavy atom. The van der Waals surface area contributed by atoms with Gasteiger partial charge in [0.25, 0.3) is 0 Å².